The summed E-state index contributed by atoms with van der Waals surface area (Å²) in [5.41, 5.74) is 2.66. The first-order valence-electron chi connectivity index (χ1n) is 9.11. The van der Waals surface area contributed by atoms with Crippen LogP contribution in [0.1, 0.15) is 35.2 Å². The van der Waals surface area contributed by atoms with Crippen molar-refractivity contribution in [1.82, 2.24) is 29.8 Å². The molecule has 1 amide bonds. The third-order valence-electron chi connectivity index (χ3n) is 4.68. The molecule has 0 unspecified atom stereocenters. The molecule has 4 rings (SSSR count). The summed E-state index contributed by atoms with van der Waals surface area (Å²) >= 11 is 0. The van der Waals surface area contributed by atoms with Crippen LogP contribution in [0, 0.1) is 13.8 Å². The van der Waals surface area contributed by atoms with Gasteiger partial charge in [-0.25, -0.2) is 19.9 Å². The summed E-state index contributed by atoms with van der Waals surface area (Å²) in [5.74, 6) is 2.05. The Morgan fingerprint density at radius 3 is 2.96 bits per heavy atom. The molecule has 0 radical (unpaired) electrons. The third kappa shape index (κ3) is 3.75. The molecule has 0 aromatic carbocycles. The lowest BCUT2D eigenvalue weighted by atomic mass is 9.98. The number of carbonyl (C=O) groups is 1. The second-order valence-electron chi connectivity index (χ2n) is 6.70. The lowest BCUT2D eigenvalue weighted by Crippen LogP contribution is -2.44. The Labute approximate surface area is 162 Å². The molecular formula is C20H21N7O. The van der Waals surface area contributed by atoms with E-state index in [1.165, 1.54) is 0 Å². The molecule has 8 nitrogen and oxygen atoms in total. The summed E-state index contributed by atoms with van der Waals surface area (Å²) in [5, 5.41) is 3.25. The van der Waals surface area contributed by atoms with E-state index in [1.54, 1.807) is 30.9 Å². The molecule has 1 fully saturated rings. The minimum absolute atomic E-state index is 0.0443. The van der Waals surface area contributed by atoms with Crippen LogP contribution in [0.25, 0.3) is 6.08 Å². The van der Waals surface area contributed by atoms with Gasteiger partial charge >= 0.3 is 0 Å². The van der Waals surface area contributed by atoms with Crippen molar-refractivity contribution >= 4 is 23.6 Å². The largest absolute Gasteiger partial charge is 0.345 e. The predicted molar refractivity (Wildman–Crippen MR) is 106 cm³/mol. The fraction of sp³-hybridized carbons (Fsp3) is 0.250. The van der Waals surface area contributed by atoms with Crippen LogP contribution in [-0.2, 0) is 4.79 Å². The number of likely N-dealkylation sites (tertiary alicyclic amines) is 1. The summed E-state index contributed by atoms with van der Waals surface area (Å²) in [4.78, 5) is 34.6. The molecule has 0 aliphatic carbocycles. The Bertz CT molecular complexity index is 1010. The fourth-order valence-electron chi connectivity index (χ4n) is 3.14. The Hall–Kier alpha value is -3.55. The highest BCUT2D eigenvalue weighted by Gasteiger charge is 2.33. The average Bonchev–Trinajstić information content (AvgIpc) is 3.14. The van der Waals surface area contributed by atoms with E-state index >= 15 is 0 Å². The molecule has 1 aliphatic rings. The summed E-state index contributed by atoms with van der Waals surface area (Å²) in [7, 11) is 0. The molecule has 28 heavy (non-hydrogen) atoms. The molecule has 1 saturated heterocycles. The first kappa shape index (κ1) is 17.8. The zero-order valence-electron chi connectivity index (χ0n) is 15.8. The summed E-state index contributed by atoms with van der Waals surface area (Å²) in [6.07, 6.45) is 9.16. The molecule has 1 atom stereocenters. The van der Waals surface area contributed by atoms with Crippen LogP contribution in [0.4, 0.5) is 11.6 Å². The van der Waals surface area contributed by atoms with E-state index in [-0.39, 0.29) is 11.9 Å². The summed E-state index contributed by atoms with van der Waals surface area (Å²) in [6, 6.07) is 5.73. The van der Waals surface area contributed by atoms with E-state index in [4.69, 9.17) is 0 Å². The monoisotopic (exact) mass is 375 g/mol. The molecule has 0 spiro atoms. The van der Waals surface area contributed by atoms with Gasteiger partial charge in [-0.2, -0.15) is 0 Å². The van der Waals surface area contributed by atoms with E-state index in [0.29, 0.717) is 18.2 Å². The summed E-state index contributed by atoms with van der Waals surface area (Å²) in [6.45, 7) is 4.55. The van der Waals surface area contributed by atoms with Gasteiger partial charge in [0, 0.05) is 24.9 Å². The Morgan fingerprint density at radius 1 is 1.36 bits per heavy atom. The highest BCUT2D eigenvalue weighted by molar-refractivity contribution is 5.92. The van der Waals surface area contributed by atoms with E-state index in [0.717, 1.165) is 29.2 Å². The van der Waals surface area contributed by atoms with Crippen LogP contribution in [0.5, 0.6) is 0 Å². The van der Waals surface area contributed by atoms with Gasteiger partial charge in [0.2, 0.25) is 5.91 Å². The first-order chi connectivity index (χ1) is 13.6. The number of hydrogen-bond acceptors (Lipinski definition) is 6. The van der Waals surface area contributed by atoms with Gasteiger partial charge in [-0.3, -0.25) is 4.79 Å². The molecule has 0 saturated carbocycles. The summed E-state index contributed by atoms with van der Waals surface area (Å²) < 4.78 is 0. The second kappa shape index (κ2) is 7.59. The zero-order chi connectivity index (χ0) is 19.5. The third-order valence-corrected chi connectivity index (χ3v) is 4.68. The van der Waals surface area contributed by atoms with E-state index in [2.05, 4.69) is 30.2 Å². The maximum absolute atomic E-state index is 12.5. The normalized spacial score (nSPS) is 16.2. The van der Waals surface area contributed by atoms with E-state index < -0.39 is 0 Å². The standard InChI is InChI=1S/C20H21N7O/c1-13-4-3-8-22-20(13)26-18-10-16(24-14(2)25-18)17-7-9-27(17)19(28)6-5-15-11-21-12-23-15/h3-6,8,10-12,17H,7,9H2,1-2H3,(H,21,23)(H,22,24,25,26)/b6-5+/t17-/m0/s1. The van der Waals surface area contributed by atoms with Crippen molar-refractivity contribution in [3.63, 3.8) is 0 Å². The number of nitrogens with one attached hydrogen (secondary N) is 2. The minimum Gasteiger partial charge on any atom is -0.345 e. The quantitative estimate of drug-likeness (QED) is 0.665. The number of aromatic nitrogens is 5. The topological polar surface area (TPSA) is 99.7 Å². The minimum atomic E-state index is -0.0500. The number of imidazole rings is 1. The lowest BCUT2D eigenvalue weighted by molar-refractivity contribution is -0.133. The maximum atomic E-state index is 12.5. The van der Waals surface area contributed by atoms with Crippen molar-refractivity contribution in [3.05, 3.63) is 65.8 Å². The molecule has 4 heterocycles. The second-order valence-corrected chi connectivity index (χ2v) is 6.70. The van der Waals surface area contributed by atoms with Crippen LogP contribution in [0.15, 0.2) is 43.0 Å². The number of carbonyl (C=O) groups excluding carboxylic acids is 1. The van der Waals surface area contributed by atoms with Crippen LogP contribution in [0.2, 0.25) is 0 Å². The number of hydrogen-bond donors (Lipinski definition) is 2. The Balaban J connectivity index is 1.51. The van der Waals surface area contributed by atoms with Gasteiger partial charge in [-0.1, -0.05) is 6.07 Å². The van der Waals surface area contributed by atoms with Crippen molar-refractivity contribution in [2.45, 2.75) is 26.3 Å². The molecule has 8 heteroatoms. The molecule has 3 aromatic rings. The van der Waals surface area contributed by atoms with Gasteiger partial charge in [-0.05, 0) is 38.0 Å². The average molecular weight is 375 g/mol. The predicted octanol–water partition coefficient (Wildman–Crippen LogP) is 2.94. The van der Waals surface area contributed by atoms with Gasteiger partial charge in [0.1, 0.15) is 17.5 Å². The highest BCUT2D eigenvalue weighted by atomic mass is 16.2. The van der Waals surface area contributed by atoms with Gasteiger partial charge in [-0.15, -0.1) is 0 Å². The van der Waals surface area contributed by atoms with E-state index in [1.807, 2.05) is 36.9 Å². The van der Waals surface area contributed by atoms with E-state index in [9.17, 15) is 4.79 Å². The number of pyridine rings is 1. The van der Waals surface area contributed by atoms with Crippen molar-refractivity contribution < 1.29 is 4.79 Å². The number of aromatic amines is 1. The number of nitrogens with zero attached hydrogens (tertiary/aromatic N) is 5. The van der Waals surface area contributed by atoms with Gasteiger partial charge in [0.05, 0.1) is 30.0 Å². The lowest BCUT2D eigenvalue weighted by Gasteiger charge is -2.40. The van der Waals surface area contributed by atoms with Gasteiger partial charge < -0.3 is 15.2 Å². The first-order valence-corrected chi connectivity index (χ1v) is 9.11. The fourth-order valence-corrected chi connectivity index (χ4v) is 3.14. The van der Waals surface area contributed by atoms with Crippen LogP contribution in [0.3, 0.4) is 0 Å². The molecule has 2 N–H and O–H groups in total. The SMILES string of the molecule is Cc1nc(Nc2ncccc2C)cc([C@@H]2CCN2C(=O)/C=C/c2cnc[nH]2)n1. The highest BCUT2D eigenvalue weighted by Crippen LogP contribution is 2.33. The molecule has 1 aliphatic heterocycles. The number of amides is 1. The van der Waals surface area contributed by atoms with Crippen LogP contribution >= 0.6 is 0 Å². The number of rotatable bonds is 5. The number of anilines is 2. The Kier molecular flexibility index (Phi) is 4.84. The van der Waals surface area contributed by atoms with Crippen molar-refractivity contribution in [3.8, 4) is 0 Å². The number of aryl methyl sites for hydroxylation is 2. The number of H-pyrrole nitrogens is 1. The van der Waals surface area contributed by atoms with Crippen molar-refractivity contribution in [2.24, 2.45) is 0 Å². The van der Waals surface area contributed by atoms with Crippen molar-refractivity contribution in [1.29, 1.82) is 0 Å². The molecule has 0 bridgehead atoms. The van der Waals surface area contributed by atoms with Crippen LogP contribution < -0.4 is 5.32 Å². The van der Waals surface area contributed by atoms with Gasteiger partial charge in [0.25, 0.3) is 0 Å². The van der Waals surface area contributed by atoms with Gasteiger partial charge in [0.15, 0.2) is 0 Å². The smallest absolute Gasteiger partial charge is 0.247 e. The van der Waals surface area contributed by atoms with Crippen LogP contribution in [-0.4, -0.2) is 42.3 Å². The Morgan fingerprint density at radius 2 is 2.25 bits per heavy atom. The molecule has 3 aromatic heterocycles. The zero-order valence-corrected chi connectivity index (χ0v) is 15.8. The van der Waals surface area contributed by atoms with Crippen molar-refractivity contribution in [2.75, 3.05) is 11.9 Å². The molecule has 142 valence electrons. The molecular weight excluding hydrogens is 354 g/mol. The maximum Gasteiger partial charge on any atom is 0.247 e.